The number of ether oxygens (including phenoxy) is 3. The van der Waals surface area contributed by atoms with Gasteiger partial charge in [0.05, 0.1) is 5.56 Å². The van der Waals surface area contributed by atoms with E-state index >= 15 is 0 Å². The van der Waals surface area contributed by atoms with E-state index in [1.807, 2.05) is 0 Å². The summed E-state index contributed by atoms with van der Waals surface area (Å²) < 4.78 is 16.2. The van der Waals surface area contributed by atoms with Crippen molar-refractivity contribution >= 4 is 5.97 Å². The van der Waals surface area contributed by atoms with E-state index in [0.29, 0.717) is 28.6 Å². The van der Waals surface area contributed by atoms with Crippen LogP contribution in [0.15, 0.2) is 36.4 Å². The van der Waals surface area contributed by atoms with E-state index in [-0.39, 0.29) is 12.4 Å². The summed E-state index contributed by atoms with van der Waals surface area (Å²) in [6.45, 7) is 1.95. The minimum atomic E-state index is -0.947. The molecule has 0 fully saturated rings. The lowest BCUT2D eigenvalue weighted by atomic mass is 10.1. The standard InChI is InChI=1S/C15H12O5/c1-9-6-10(2-4-12(9)15(16)17)20-11-3-5-13-14(7-11)19-8-18-13/h2-7H,8H2,1H3,(H,16,17). The fourth-order valence-electron chi connectivity index (χ4n) is 2.02. The fraction of sp³-hybridized carbons (Fsp3) is 0.133. The lowest BCUT2D eigenvalue weighted by molar-refractivity contribution is 0.0696. The van der Waals surface area contributed by atoms with Gasteiger partial charge in [-0.1, -0.05) is 0 Å². The first kappa shape index (κ1) is 12.3. The predicted octanol–water partition coefficient (Wildman–Crippen LogP) is 3.21. The lowest BCUT2D eigenvalue weighted by Gasteiger charge is -2.08. The maximum atomic E-state index is 10.9. The van der Waals surface area contributed by atoms with Gasteiger partial charge in [0, 0.05) is 6.07 Å². The van der Waals surface area contributed by atoms with E-state index < -0.39 is 5.97 Å². The maximum absolute atomic E-state index is 10.9. The molecule has 1 heterocycles. The van der Waals surface area contributed by atoms with Gasteiger partial charge < -0.3 is 19.3 Å². The summed E-state index contributed by atoms with van der Waals surface area (Å²) in [6, 6.07) is 10.1. The van der Waals surface area contributed by atoms with Crippen molar-refractivity contribution in [2.75, 3.05) is 6.79 Å². The number of carboxylic acids is 1. The minimum Gasteiger partial charge on any atom is -0.478 e. The Hall–Kier alpha value is -2.69. The normalized spacial score (nSPS) is 12.2. The Morgan fingerprint density at radius 1 is 1.10 bits per heavy atom. The molecule has 0 bridgehead atoms. The molecule has 0 unspecified atom stereocenters. The van der Waals surface area contributed by atoms with E-state index in [0.717, 1.165) is 0 Å². The predicted molar refractivity (Wildman–Crippen MR) is 70.8 cm³/mol. The topological polar surface area (TPSA) is 65.0 Å². The van der Waals surface area contributed by atoms with Gasteiger partial charge in [0.2, 0.25) is 6.79 Å². The first-order valence-corrected chi connectivity index (χ1v) is 6.05. The van der Waals surface area contributed by atoms with Gasteiger partial charge in [-0.25, -0.2) is 4.79 Å². The molecule has 1 aliphatic rings. The summed E-state index contributed by atoms with van der Waals surface area (Å²) in [5.74, 6) is 1.57. The molecule has 20 heavy (non-hydrogen) atoms. The van der Waals surface area contributed by atoms with Crippen molar-refractivity contribution in [3.63, 3.8) is 0 Å². The average molecular weight is 272 g/mol. The number of aryl methyl sites for hydroxylation is 1. The molecule has 2 aromatic carbocycles. The van der Waals surface area contributed by atoms with Crippen molar-refractivity contribution in [1.29, 1.82) is 0 Å². The zero-order chi connectivity index (χ0) is 14.1. The van der Waals surface area contributed by atoms with Crippen LogP contribution in [0.4, 0.5) is 0 Å². The third-order valence-electron chi connectivity index (χ3n) is 3.01. The van der Waals surface area contributed by atoms with Crippen LogP contribution in [0.3, 0.4) is 0 Å². The largest absolute Gasteiger partial charge is 0.478 e. The molecule has 0 radical (unpaired) electrons. The van der Waals surface area contributed by atoms with Gasteiger partial charge in [-0.05, 0) is 42.8 Å². The summed E-state index contributed by atoms with van der Waals surface area (Å²) >= 11 is 0. The molecular formula is C15H12O5. The molecule has 5 nitrogen and oxygen atoms in total. The number of carbonyl (C=O) groups is 1. The minimum absolute atomic E-state index is 0.213. The quantitative estimate of drug-likeness (QED) is 0.929. The Bertz CT molecular complexity index is 678. The molecule has 0 saturated heterocycles. The van der Waals surface area contributed by atoms with Crippen molar-refractivity contribution in [2.45, 2.75) is 6.92 Å². The average Bonchev–Trinajstić information content (AvgIpc) is 2.85. The van der Waals surface area contributed by atoms with Crippen LogP contribution >= 0.6 is 0 Å². The summed E-state index contributed by atoms with van der Waals surface area (Å²) in [7, 11) is 0. The van der Waals surface area contributed by atoms with Crippen LogP contribution in [0.5, 0.6) is 23.0 Å². The third-order valence-corrected chi connectivity index (χ3v) is 3.01. The summed E-state index contributed by atoms with van der Waals surface area (Å²) in [6.07, 6.45) is 0. The second-order valence-electron chi connectivity index (χ2n) is 4.40. The Kier molecular flexibility index (Phi) is 2.95. The molecule has 2 aromatic rings. The van der Waals surface area contributed by atoms with Gasteiger partial charge in [-0.2, -0.15) is 0 Å². The van der Waals surface area contributed by atoms with Gasteiger partial charge in [0.1, 0.15) is 11.5 Å². The van der Waals surface area contributed by atoms with E-state index in [1.54, 1.807) is 37.3 Å². The SMILES string of the molecule is Cc1cc(Oc2ccc3c(c2)OCO3)ccc1C(=O)O. The van der Waals surface area contributed by atoms with Crippen LogP contribution in [0.1, 0.15) is 15.9 Å². The number of fused-ring (bicyclic) bond motifs is 1. The van der Waals surface area contributed by atoms with Crippen LogP contribution in [0.25, 0.3) is 0 Å². The van der Waals surface area contributed by atoms with Crippen molar-refractivity contribution in [3.8, 4) is 23.0 Å². The molecule has 1 aliphatic heterocycles. The molecule has 0 aromatic heterocycles. The third kappa shape index (κ3) is 2.25. The van der Waals surface area contributed by atoms with Gasteiger partial charge in [-0.15, -0.1) is 0 Å². The van der Waals surface area contributed by atoms with Crippen LogP contribution < -0.4 is 14.2 Å². The first-order valence-electron chi connectivity index (χ1n) is 6.05. The van der Waals surface area contributed by atoms with Crippen LogP contribution in [-0.2, 0) is 0 Å². The van der Waals surface area contributed by atoms with Gasteiger partial charge in [-0.3, -0.25) is 0 Å². The second-order valence-corrected chi connectivity index (χ2v) is 4.40. The molecule has 5 heteroatoms. The zero-order valence-electron chi connectivity index (χ0n) is 10.8. The van der Waals surface area contributed by atoms with Crippen molar-refractivity contribution in [1.82, 2.24) is 0 Å². The van der Waals surface area contributed by atoms with Gasteiger partial charge >= 0.3 is 5.97 Å². The number of hydrogen-bond donors (Lipinski definition) is 1. The Morgan fingerprint density at radius 3 is 2.55 bits per heavy atom. The molecule has 0 saturated carbocycles. The summed E-state index contributed by atoms with van der Waals surface area (Å²) in [4.78, 5) is 10.9. The fourth-order valence-corrected chi connectivity index (χ4v) is 2.02. The van der Waals surface area contributed by atoms with Crippen LogP contribution in [0, 0.1) is 6.92 Å². The highest BCUT2D eigenvalue weighted by molar-refractivity contribution is 5.89. The molecule has 3 rings (SSSR count). The van der Waals surface area contributed by atoms with E-state index in [2.05, 4.69) is 0 Å². The molecule has 0 amide bonds. The molecule has 1 N–H and O–H groups in total. The Balaban J connectivity index is 1.84. The van der Waals surface area contributed by atoms with Crippen LogP contribution in [-0.4, -0.2) is 17.9 Å². The van der Waals surface area contributed by atoms with Crippen LogP contribution in [0.2, 0.25) is 0 Å². The van der Waals surface area contributed by atoms with E-state index in [9.17, 15) is 4.79 Å². The van der Waals surface area contributed by atoms with Gasteiger partial charge in [0.15, 0.2) is 11.5 Å². The van der Waals surface area contributed by atoms with Gasteiger partial charge in [0.25, 0.3) is 0 Å². The monoisotopic (exact) mass is 272 g/mol. The highest BCUT2D eigenvalue weighted by Gasteiger charge is 2.14. The second kappa shape index (κ2) is 4.77. The summed E-state index contributed by atoms with van der Waals surface area (Å²) in [5.41, 5.74) is 0.916. The highest BCUT2D eigenvalue weighted by Crippen LogP contribution is 2.36. The molecule has 0 atom stereocenters. The Labute approximate surface area is 115 Å². The van der Waals surface area contributed by atoms with E-state index in [4.69, 9.17) is 19.3 Å². The molecule has 102 valence electrons. The molecule has 0 spiro atoms. The summed E-state index contributed by atoms with van der Waals surface area (Å²) in [5, 5.41) is 8.98. The maximum Gasteiger partial charge on any atom is 0.335 e. The van der Waals surface area contributed by atoms with Crippen molar-refractivity contribution in [2.24, 2.45) is 0 Å². The number of carboxylic acid groups (broad SMARTS) is 1. The number of hydrogen-bond acceptors (Lipinski definition) is 4. The number of rotatable bonds is 3. The lowest BCUT2D eigenvalue weighted by Crippen LogP contribution is -1.99. The molecule has 0 aliphatic carbocycles. The number of aromatic carboxylic acids is 1. The Morgan fingerprint density at radius 2 is 1.80 bits per heavy atom. The first-order chi connectivity index (χ1) is 9.63. The van der Waals surface area contributed by atoms with E-state index in [1.165, 1.54) is 6.07 Å². The number of benzene rings is 2. The smallest absolute Gasteiger partial charge is 0.335 e. The van der Waals surface area contributed by atoms with Crippen molar-refractivity contribution in [3.05, 3.63) is 47.5 Å². The highest BCUT2D eigenvalue weighted by atomic mass is 16.7. The molecular weight excluding hydrogens is 260 g/mol. The zero-order valence-corrected chi connectivity index (χ0v) is 10.8. The van der Waals surface area contributed by atoms with Crippen molar-refractivity contribution < 1.29 is 24.1 Å².